The van der Waals surface area contributed by atoms with Gasteiger partial charge in [-0.05, 0) is 42.5 Å². The van der Waals surface area contributed by atoms with Gasteiger partial charge in [0.1, 0.15) is 17.7 Å². The molecule has 0 saturated carbocycles. The van der Waals surface area contributed by atoms with E-state index >= 15 is 0 Å². The average molecular weight is 450 g/mol. The number of nitrogens with one attached hydrogen (secondary N) is 2. The molecular weight excluding hydrogens is 433 g/mol. The SMILES string of the molecule is N#Cc1ccc(NCC(N)c2ccc(-c3ncc[nH]3)c(-c3ccc(Cl)cc3Cl)n2)nc1. The molecule has 3 heterocycles. The van der Waals surface area contributed by atoms with Crippen molar-refractivity contribution in [2.45, 2.75) is 6.04 Å². The number of hydrogen-bond donors (Lipinski definition) is 3. The van der Waals surface area contributed by atoms with Crippen LogP contribution < -0.4 is 11.1 Å². The van der Waals surface area contributed by atoms with Gasteiger partial charge in [0.15, 0.2) is 0 Å². The highest BCUT2D eigenvalue weighted by atomic mass is 35.5. The quantitative estimate of drug-likeness (QED) is 0.388. The first-order valence-corrected chi connectivity index (χ1v) is 10.1. The highest BCUT2D eigenvalue weighted by molar-refractivity contribution is 6.36. The standard InChI is InChI=1S/C22H17Cl2N7/c23-14-2-3-15(17(24)9-14)21-16(22-27-7-8-28-22)4-5-19(31-21)18(26)12-30-20-6-1-13(10-25)11-29-20/h1-9,11,18H,12,26H2,(H,27,28)(H,29,30). The Bertz CT molecular complexity index is 1230. The maximum Gasteiger partial charge on any atom is 0.139 e. The summed E-state index contributed by atoms with van der Waals surface area (Å²) >= 11 is 12.5. The Morgan fingerprint density at radius 3 is 2.61 bits per heavy atom. The van der Waals surface area contributed by atoms with Gasteiger partial charge in [0, 0.05) is 41.3 Å². The van der Waals surface area contributed by atoms with E-state index in [0.717, 1.165) is 11.1 Å². The molecule has 0 aliphatic heterocycles. The Morgan fingerprint density at radius 1 is 1.10 bits per heavy atom. The Balaban J connectivity index is 1.64. The lowest BCUT2D eigenvalue weighted by atomic mass is 10.0. The maximum absolute atomic E-state index is 8.88. The summed E-state index contributed by atoms with van der Waals surface area (Å²) in [6.07, 6.45) is 4.93. The van der Waals surface area contributed by atoms with Crippen molar-refractivity contribution in [2.75, 3.05) is 11.9 Å². The summed E-state index contributed by atoms with van der Waals surface area (Å²) in [6.45, 7) is 0.403. The normalized spacial score (nSPS) is 11.7. The average Bonchev–Trinajstić information content (AvgIpc) is 3.32. The lowest BCUT2D eigenvalue weighted by Crippen LogP contribution is -2.22. The molecule has 7 nitrogen and oxygen atoms in total. The predicted octanol–water partition coefficient (Wildman–Crippen LogP) is 4.82. The van der Waals surface area contributed by atoms with E-state index < -0.39 is 6.04 Å². The van der Waals surface area contributed by atoms with Crippen LogP contribution in [0.1, 0.15) is 17.3 Å². The van der Waals surface area contributed by atoms with E-state index in [9.17, 15) is 0 Å². The van der Waals surface area contributed by atoms with Gasteiger partial charge in [0.05, 0.1) is 28.0 Å². The first-order valence-electron chi connectivity index (χ1n) is 9.37. The number of nitriles is 1. The van der Waals surface area contributed by atoms with E-state index in [0.29, 0.717) is 45.2 Å². The topological polar surface area (TPSA) is 116 Å². The number of aromatic nitrogens is 4. The first-order chi connectivity index (χ1) is 15.0. The lowest BCUT2D eigenvalue weighted by Gasteiger charge is -2.16. The molecule has 0 spiro atoms. The van der Waals surface area contributed by atoms with E-state index in [-0.39, 0.29) is 0 Å². The Kier molecular flexibility index (Phi) is 6.14. The zero-order valence-electron chi connectivity index (χ0n) is 16.2. The molecule has 0 bridgehead atoms. The van der Waals surface area contributed by atoms with Gasteiger partial charge >= 0.3 is 0 Å². The number of pyridine rings is 2. The summed E-state index contributed by atoms with van der Waals surface area (Å²) in [7, 11) is 0. The van der Waals surface area contributed by atoms with Crippen molar-refractivity contribution >= 4 is 29.0 Å². The molecule has 0 aliphatic rings. The van der Waals surface area contributed by atoms with E-state index in [1.54, 1.807) is 36.7 Å². The second kappa shape index (κ2) is 9.14. The predicted molar refractivity (Wildman–Crippen MR) is 122 cm³/mol. The fraction of sp³-hybridized carbons (Fsp3) is 0.0909. The fourth-order valence-electron chi connectivity index (χ4n) is 3.05. The van der Waals surface area contributed by atoms with Crippen molar-refractivity contribution in [3.8, 4) is 28.7 Å². The molecule has 1 unspecified atom stereocenters. The second-order valence-corrected chi connectivity index (χ2v) is 7.57. The highest BCUT2D eigenvalue weighted by Crippen LogP contribution is 2.35. The monoisotopic (exact) mass is 449 g/mol. The van der Waals surface area contributed by atoms with Crippen LogP contribution in [0.3, 0.4) is 0 Å². The molecule has 4 aromatic rings. The van der Waals surface area contributed by atoms with E-state index in [1.807, 2.05) is 24.3 Å². The smallest absolute Gasteiger partial charge is 0.139 e. The fourth-order valence-corrected chi connectivity index (χ4v) is 3.55. The highest BCUT2D eigenvalue weighted by Gasteiger charge is 2.17. The van der Waals surface area contributed by atoms with Crippen LogP contribution >= 0.6 is 23.2 Å². The number of H-pyrrole nitrogens is 1. The second-order valence-electron chi connectivity index (χ2n) is 6.73. The summed E-state index contributed by atoms with van der Waals surface area (Å²) in [5.41, 5.74) is 9.75. The molecule has 154 valence electrons. The van der Waals surface area contributed by atoms with Crippen LogP contribution in [0.4, 0.5) is 5.82 Å². The van der Waals surface area contributed by atoms with Crippen LogP contribution in [0.25, 0.3) is 22.6 Å². The molecule has 3 aromatic heterocycles. The third kappa shape index (κ3) is 4.67. The van der Waals surface area contributed by atoms with E-state index in [2.05, 4.69) is 20.3 Å². The van der Waals surface area contributed by atoms with Crippen LogP contribution in [0.15, 0.2) is 61.1 Å². The van der Waals surface area contributed by atoms with E-state index in [4.69, 9.17) is 39.2 Å². The van der Waals surface area contributed by atoms with Gasteiger partial charge in [-0.2, -0.15) is 5.26 Å². The molecule has 31 heavy (non-hydrogen) atoms. The molecule has 9 heteroatoms. The zero-order chi connectivity index (χ0) is 21.8. The summed E-state index contributed by atoms with van der Waals surface area (Å²) in [6, 6.07) is 14.1. The Morgan fingerprint density at radius 2 is 1.94 bits per heavy atom. The molecule has 0 radical (unpaired) electrons. The van der Waals surface area contributed by atoms with Gasteiger partial charge in [-0.15, -0.1) is 0 Å². The van der Waals surface area contributed by atoms with Crippen LogP contribution in [-0.2, 0) is 0 Å². The molecular formula is C22H17Cl2N7. The van der Waals surface area contributed by atoms with Gasteiger partial charge < -0.3 is 16.0 Å². The molecule has 0 amide bonds. The maximum atomic E-state index is 8.88. The largest absolute Gasteiger partial charge is 0.368 e. The summed E-state index contributed by atoms with van der Waals surface area (Å²) in [5, 5.41) is 13.1. The lowest BCUT2D eigenvalue weighted by molar-refractivity contribution is 0.734. The van der Waals surface area contributed by atoms with Gasteiger partial charge in [0.25, 0.3) is 0 Å². The molecule has 4 N–H and O–H groups in total. The number of nitrogens with two attached hydrogens (primary N) is 1. The minimum absolute atomic E-state index is 0.403. The Hall–Kier alpha value is -3.44. The number of nitrogens with zero attached hydrogens (tertiary/aromatic N) is 4. The van der Waals surface area contributed by atoms with Gasteiger partial charge in [-0.1, -0.05) is 23.2 Å². The Labute approximate surface area is 188 Å². The van der Waals surface area contributed by atoms with Gasteiger partial charge in [-0.25, -0.2) is 9.97 Å². The van der Waals surface area contributed by atoms with Crippen LogP contribution in [0.5, 0.6) is 0 Å². The number of anilines is 1. The number of benzene rings is 1. The number of imidazole rings is 1. The van der Waals surface area contributed by atoms with Crippen LogP contribution in [0.2, 0.25) is 10.0 Å². The number of halogens is 2. The first kappa shape index (κ1) is 20.8. The molecule has 1 aromatic carbocycles. The zero-order valence-corrected chi connectivity index (χ0v) is 17.7. The third-order valence-corrected chi connectivity index (χ3v) is 5.18. The number of hydrogen-bond acceptors (Lipinski definition) is 6. The summed E-state index contributed by atoms with van der Waals surface area (Å²) in [5.74, 6) is 1.30. The molecule has 0 aliphatic carbocycles. The van der Waals surface area contributed by atoms with Gasteiger partial charge in [0.2, 0.25) is 0 Å². The molecule has 0 fully saturated rings. The molecule has 0 saturated heterocycles. The van der Waals surface area contributed by atoms with Crippen molar-refractivity contribution in [1.82, 2.24) is 19.9 Å². The minimum atomic E-state index is -0.409. The molecule has 1 atom stereocenters. The number of rotatable bonds is 6. The third-order valence-electron chi connectivity index (χ3n) is 4.63. The van der Waals surface area contributed by atoms with Crippen molar-refractivity contribution in [3.63, 3.8) is 0 Å². The van der Waals surface area contributed by atoms with Crippen molar-refractivity contribution in [3.05, 3.63) is 82.4 Å². The van der Waals surface area contributed by atoms with Crippen molar-refractivity contribution in [1.29, 1.82) is 5.26 Å². The van der Waals surface area contributed by atoms with Crippen LogP contribution in [0, 0.1) is 11.3 Å². The minimum Gasteiger partial charge on any atom is -0.368 e. The van der Waals surface area contributed by atoms with Crippen molar-refractivity contribution in [2.24, 2.45) is 5.73 Å². The van der Waals surface area contributed by atoms with Crippen LogP contribution in [-0.4, -0.2) is 26.5 Å². The molecule has 4 rings (SSSR count). The van der Waals surface area contributed by atoms with Gasteiger partial charge in [-0.3, -0.25) is 4.98 Å². The number of aromatic amines is 1. The summed E-state index contributed by atoms with van der Waals surface area (Å²) < 4.78 is 0. The van der Waals surface area contributed by atoms with E-state index in [1.165, 1.54) is 6.20 Å². The van der Waals surface area contributed by atoms with Crippen molar-refractivity contribution < 1.29 is 0 Å². The summed E-state index contributed by atoms with van der Waals surface area (Å²) in [4.78, 5) is 16.5.